The molecule has 116 valence electrons. The van der Waals surface area contributed by atoms with Gasteiger partial charge < -0.3 is 4.74 Å². The maximum Gasteiger partial charge on any atom is 0.509 e. The molecule has 0 fully saturated rings. The van der Waals surface area contributed by atoms with Crippen LogP contribution in [0.25, 0.3) is 9.69 Å². The van der Waals surface area contributed by atoms with Crippen LogP contribution in [0.4, 0.5) is 0 Å². The third-order valence-electron chi connectivity index (χ3n) is 5.00. The summed E-state index contributed by atoms with van der Waals surface area (Å²) in [7, 11) is 1.67. The molecule has 0 heterocycles. The van der Waals surface area contributed by atoms with E-state index in [4.69, 9.17) is 17.9 Å². The lowest BCUT2D eigenvalue weighted by atomic mass is 9.73. The second kappa shape index (κ2) is 6.31. The van der Waals surface area contributed by atoms with Crippen molar-refractivity contribution < 1.29 is 4.74 Å². The number of ether oxygens (including phenoxy) is 1. The molecular weight excluding hydrogens is 284 g/mol. The molecule has 3 heteroatoms. The molecule has 0 radical (unpaired) electrons. The third kappa shape index (κ3) is 2.64. The fraction of sp³-hybridized carbons (Fsp3) is 0.400. The first-order valence-electron chi connectivity index (χ1n) is 8.02. The van der Waals surface area contributed by atoms with Gasteiger partial charge in [-0.25, -0.2) is 22.8 Å². The van der Waals surface area contributed by atoms with Gasteiger partial charge in [0.1, 0.15) is 17.7 Å². The number of hydrogen-bond donors (Lipinski definition) is 0. The topological polar surface area (TPSA) is 18.0 Å². The van der Waals surface area contributed by atoms with Crippen LogP contribution in [0.1, 0.15) is 37.2 Å². The minimum Gasteiger partial charge on any atom is -0.497 e. The highest BCUT2D eigenvalue weighted by atomic mass is 16.5. The Kier molecular flexibility index (Phi) is 4.22. The first-order valence-corrected chi connectivity index (χ1v) is 8.02. The van der Waals surface area contributed by atoms with E-state index in [2.05, 4.69) is 34.0 Å². The van der Waals surface area contributed by atoms with E-state index in [0.717, 1.165) is 30.6 Å². The van der Waals surface area contributed by atoms with Crippen LogP contribution in [-0.2, 0) is 0 Å². The van der Waals surface area contributed by atoms with E-state index in [1.807, 2.05) is 18.2 Å². The van der Waals surface area contributed by atoms with E-state index < -0.39 is 5.66 Å². The quantitative estimate of drug-likeness (QED) is 0.555. The summed E-state index contributed by atoms with van der Waals surface area (Å²) in [5.41, 5.74) is 1.24. The molecule has 0 bridgehead atoms. The Morgan fingerprint density at radius 1 is 1.17 bits per heavy atom. The summed E-state index contributed by atoms with van der Waals surface area (Å²) in [4.78, 5) is 7.51. The Morgan fingerprint density at radius 3 is 2.57 bits per heavy atom. The molecular formula is C20H20N2O. The van der Waals surface area contributed by atoms with Crippen molar-refractivity contribution in [1.82, 2.24) is 0 Å². The largest absolute Gasteiger partial charge is 0.509 e. The Balaban J connectivity index is 2.03. The summed E-state index contributed by atoms with van der Waals surface area (Å²) in [6.45, 7) is 15.2. The van der Waals surface area contributed by atoms with Gasteiger partial charge in [0, 0.05) is 11.8 Å². The first-order chi connectivity index (χ1) is 11.2. The molecule has 23 heavy (non-hydrogen) atoms. The Hall–Kier alpha value is -2.52. The molecule has 0 saturated carbocycles. The summed E-state index contributed by atoms with van der Waals surface area (Å²) in [5, 5.41) is 0. The zero-order valence-electron chi connectivity index (χ0n) is 13.3. The summed E-state index contributed by atoms with van der Waals surface area (Å²) >= 11 is 0. The molecule has 1 aromatic rings. The van der Waals surface area contributed by atoms with E-state index in [0.29, 0.717) is 6.42 Å². The van der Waals surface area contributed by atoms with Crippen molar-refractivity contribution in [3.63, 3.8) is 0 Å². The molecule has 0 unspecified atom stereocenters. The van der Waals surface area contributed by atoms with E-state index in [1.54, 1.807) is 7.11 Å². The van der Waals surface area contributed by atoms with Crippen molar-refractivity contribution in [3.8, 4) is 5.75 Å². The predicted octanol–water partition coefficient (Wildman–Crippen LogP) is 5.00. The molecule has 0 amide bonds. The molecule has 0 N–H and O–H groups in total. The third-order valence-corrected chi connectivity index (χ3v) is 5.00. The standard InChI is InChI=1S/C20H20N2O/c1-21-20(22-2)14-6-8-17(18-7-4-5-9-19(18)20)15-10-12-16(23-3)13-11-15/h6,8-13,17-18H,4-5,7,14H2,3H3/t17-,18-/m0/s1. The van der Waals surface area contributed by atoms with Gasteiger partial charge in [-0.1, -0.05) is 30.4 Å². The van der Waals surface area contributed by atoms with Crippen molar-refractivity contribution in [3.05, 3.63) is 76.5 Å². The molecule has 0 aromatic heterocycles. The number of methoxy groups -OCH3 is 1. The SMILES string of the molecule is [C-]#[N+]C1([N+]#[C-])CC=C[C@@H](c2ccc(OC)cc2)[C@@H]2CCCC=C21. The number of hydrogen-bond acceptors (Lipinski definition) is 1. The van der Waals surface area contributed by atoms with Gasteiger partial charge in [-0.15, -0.1) is 0 Å². The van der Waals surface area contributed by atoms with Gasteiger partial charge in [0.05, 0.1) is 7.11 Å². The lowest BCUT2D eigenvalue weighted by Crippen LogP contribution is -2.30. The molecule has 2 atom stereocenters. The lowest BCUT2D eigenvalue weighted by molar-refractivity contribution is 0.413. The van der Waals surface area contributed by atoms with E-state index >= 15 is 0 Å². The summed E-state index contributed by atoms with van der Waals surface area (Å²) in [6, 6.07) is 8.17. The van der Waals surface area contributed by atoms with Crippen molar-refractivity contribution in [2.45, 2.75) is 37.3 Å². The van der Waals surface area contributed by atoms with Gasteiger partial charge in [0.15, 0.2) is 0 Å². The minimum absolute atomic E-state index is 0.234. The van der Waals surface area contributed by atoms with Gasteiger partial charge in [-0.3, -0.25) is 0 Å². The monoisotopic (exact) mass is 304 g/mol. The average Bonchev–Trinajstić information content (AvgIpc) is 2.79. The molecule has 0 aliphatic heterocycles. The number of benzene rings is 1. The smallest absolute Gasteiger partial charge is 0.497 e. The normalized spacial score (nSPS) is 25.3. The molecule has 3 rings (SSSR count). The van der Waals surface area contributed by atoms with Gasteiger partial charge in [0.25, 0.3) is 0 Å². The van der Waals surface area contributed by atoms with Crippen LogP contribution >= 0.6 is 0 Å². The Labute approximate surface area is 137 Å². The van der Waals surface area contributed by atoms with E-state index in [-0.39, 0.29) is 11.8 Å². The summed E-state index contributed by atoms with van der Waals surface area (Å²) in [6.07, 6.45) is 10.0. The van der Waals surface area contributed by atoms with Crippen molar-refractivity contribution >= 4 is 0 Å². The number of fused-ring (bicyclic) bond motifs is 1. The van der Waals surface area contributed by atoms with Crippen LogP contribution in [0, 0.1) is 19.1 Å². The number of rotatable bonds is 2. The Morgan fingerprint density at radius 2 is 1.91 bits per heavy atom. The fourth-order valence-electron chi connectivity index (χ4n) is 3.78. The van der Waals surface area contributed by atoms with Crippen molar-refractivity contribution in [2.24, 2.45) is 5.92 Å². The second-order valence-corrected chi connectivity index (χ2v) is 6.17. The molecule has 2 aliphatic rings. The van der Waals surface area contributed by atoms with Gasteiger partial charge in [-0.2, -0.15) is 0 Å². The van der Waals surface area contributed by atoms with Crippen molar-refractivity contribution in [1.29, 1.82) is 0 Å². The maximum atomic E-state index is 7.61. The minimum atomic E-state index is -1.02. The van der Waals surface area contributed by atoms with Crippen molar-refractivity contribution in [2.75, 3.05) is 7.11 Å². The first kappa shape index (κ1) is 15.4. The van der Waals surface area contributed by atoms with Crippen LogP contribution < -0.4 is 4.74 Å². The number of allylic oxidation sites excluding steroid dienone is 2. The summed E-state index contributed by atoms with van der Waals surface area (Å²) < 4.78 is 5.25. The predicted molar refractivity (Wildman–Crippen MR) is 90.9 cm³/mol. The zero-order chi connectivity index (χ0) is 16.3. The molecule has 1 aromatic carbocycles. The van der Waals surface area contributed by atoms with Crippen LogP contribution in [0.5, 0.6) is 5.75 Å². The van der Waals surface area contributed by atoms with Crippen LogP contribution in [0.2, 0.25) is 0 Å². The lowest BCUT2D eigenvalue weighted by Gasteiger charge is -2.29. The molecule has 2 aliphatic carbocycles. The highest BCUT2D eigenvalue weighted by Crippen LogP contribution is 2.48. The maximum absolute atomic E-state index is 7.61. The second-order valence-electron chi connectivity index (χ2n) is 6.17. The molecule has 0 spiro atoms. The average molecular weight is 304 g/mol. The Bertz CT molecular complexity index is 701. The number of nitrogens with zero attached hydrogens (tertiary/aromatic N) is 2. The van der Waals surface area contributed by atoms with E-state index in [9.17, 15) is 0 Å². The van der Waals surface area contributed by atoms with E-state index in [1.165, 1.54) is 5.56 Å². The van der Waals surface area contributed by atoms with Crippen LogP contribution in [-0.4, -0.2) is 12.8 Å². The zero-order valence-corrected chi connectivity index (χ0v) is 13.3. The fourth-order valence-corrected chi connectivity index (χ4v) is 3.78. The summed E-state index contributed by atoms with van der Waals surface area (Å²) in [5.74, 6) is 1.33. The van der Waals surface area contributed by atoms with Gasteiger partial charge in [-0.05, 0) is 37.0 Å². The van der Waals surface area contributed by atoms with Gasteiger partial charge >= 0.3 is 5.66 Å². The molecule has 0 saturated heterocycles. The van der Waals surface area contributed by atoms with Crippen LogP contribution in [0.3, 0.4) is 0 Å². The van der Waals surface area contributed by atoms with Gasteiger partial charge in [0.2, 0.25) is 0 Å². The molecule has 3 nitrogen and oxygen atoms in total. The highest BCUT2D eigenvalue weighted by molar-refractivity contribution is 5.42. The van der Waals surface area contributed by atoms with Crippen LogP contribution in [0.15, 0.2) is 48.1 Å². The highest BCUT2D eigenvalue weighted by Gasteiger charge is 2.53.